The first kappa shape index (κ1) is 31.0. The highest BCUT2D eigenvalue weighted by Gasteiger charge is 2.43. The molecule has 0 heterocycles. The number of rotatable bonds is 5. The maximum absolute atomic E-state index is 15.4. The molecule has 1 aliphatic rings. The Balaban J connectivity index is 1.68. The number of fused-ring (bicyclic) bond motifs is 4. The third kappa shape index (κ3) is 4.35. The summed E-state index contributed by atoms with van der Waals surface area (Å²) in [6.45, 7) is 0. The molecule has 236 valence electrons. The zero-order valence-electron chi connectivity index (χ0n) is 21.8. The van der Waals surface area contributed by atoms with E-state index in [0.29, 0.717) is 0 Å². The van der Waals surface area contributed by atoms with E-state index in [4.69, 9.17) is 9.31 Å². The molecule has 0 unspecified atom stereocenters. The number of hydrogen-bond acceptors (Lipinski definition) is 2. The predicted molar refractivity (Wildman–Crippen MR) is 131 cm³/mol. The molecule has 0 saturated heterocycles. The standard InChI is InChI=1S/C29H7BF14O2/c31-9-3-1-2-7-6-8-13(12(7)9)19(35)27(43)28(44)29(8)46-30(45-11-5-4-10(32)17(33)18(11)34)16-14-15(21(37)24(40)23(16)39)22(38)26(42)25(41)20(14)36/h1-5H,6H2. The average Bonchev–Trinajstić information content (AvgIpc) is 3.43. The molecule has 5 aromatic carbocycles. The van der Waals surface area contributed by atoms with Gasteiger partial charge in [-0.1, -0.05) is 12.1 Å². The summed E-state index contributed by atoms with van der Waals surface area (Å²) in [4.78, 5) is 0. The summed E-state index contributed by atoms with van der Waals surface area (Å²) in [5.74, 6) is -36.0. The first-order chi connectivity index (χ1) is 21.7. The molecular weight excluding hydrogens is 657 g/mol. The van der Waals surface area contributed by atoms with Crippen molar-refractivity contribution in [3.8, 4) is 22.6 Å². The summed E-state index contributed by atoms with van der Waals surface area (Å²) in [7, 11) is -3.27. The Kier molecular flexibility index (Phi) is 7.32. The van der Waals surface area contributed by atoms with Crippen molar-refractivity contribution in [3.05, 3.63) is 123 Å². The van der Waals surface area contributed by atoms with Crippen molar-refractivity contribution in [1.29, 1.82) is 0 Å². The molecule has 2 nitrogen and oxygen atoms in total. The summed E-state index contributed by atoms with van der Waals surface area (Å²) in [5, 5.41) is -4.13. The molecule has 0 aromatic heterocycles. The van der Waals surface area contributed by atoms with E-state index in [2.05, 4.69) is 0 Å². The van der Waals surface area contributed by atoms with Crippen molar-refractivity contribution in [1.82, 2.24) is 0 Å². The molecular formula is C29H7BF14O2. The van der Waals surface area contributed by atoms with Crippen molar-refractivity contribution in [3.63, 3.8) is 0 Å². The van der Waals surface area contributed by atoms with Gasteiger partial charge in [0.05, 0.1) is 10.8 Å². The molecule has 5 aromatic rings. The highest BCUT2D eigenvalue weighted by atomic mass is 19.2. The van der Waals surface area contributed by atoms with Gasteiger partial charge in [-0.25, -0.2) is 52.7 Å². The third-order valence-electron chi connectivity index (χ3n) is 7.17. The van der Waals surface area contributed by atoms with Gasteiger partial charge in [-0.15, -0.1) is 0 Å². The topological polar surface area (TPSA) is 18.5 Å². The Labute approximate surface area is 246 Å². The molecule has 46 heavy (non-hydrogen) atoms. The average molecular weight is 664 g/mol. The summed E-state index contributed by atoms with van der Waals surface area (Å²) in [5.41, 5.74) is -4.47. The quantitative estimate of drug-likeness (QED) is 0.0801. The summed E-state index contributed by atoms with van der Waals surface area (Å²) in [6, 6.07) is 3.56. The maximum Gasteiger partial charge on any atom is 0.636 e. The Morgan fingerprint density at radius 1 is 0.457 bits per heavy atom. The van der Waals surface area contributed by atoms with Crippen molar-refractivity contribution >= 4 is 23.4 Å². The van der Waals surface area contributed by atoms with Crippen LogP contribution in [0.25, 0.3) is 21.9 Å². The predicted octanol–water partition coefficient (Wildman–Crippen LogP) is 8.21. The lowest BCUT2D eigenvalue weighted by molar-refractivity contribution is 0.368. The first-order valence-corrected chi connectivity index (χ1v) is 12.4. The van der Waals surface area contributed by atoms with Gasteiger partial charge >= 0.3 is 7.12 Å². The van der Waals surface area contributed by atoms with Crippen LogP contribution in [0.2, 0.25) is 0 Å². The lowest BCUT2D eigenvalue weighted by Gasteiger charge is -2.22. The second-order valence-electron chi connectivity index (χ2n) is 9.68. The fraction of sp³-hybridized carbons (Fsp3) is 0.0345. The van der Waals surface area contributed by atoms with E-state index in [0.717, 1.165) is 12.1 Å². The monoisotopic (exact) mass is 664 g/mol. The van der Waals surface area contributed by atoms with Crippen LogP contribution in [0.15, 0.2) is 30.3 Å². The molecule has 0 aliphatic heterocycles. The largest absolute Gasteiger partial charge is 0.636 e. The first-order valence-electron chi connectivity index (χ1n) is 12.4. The van der Waals surface area contributed by atoms with Crippen molar-refractivity contribution in [2.24, 2.45) is 0 Å². The number of benzene rings is 5. The van der Waals surface area contributed by atoms with Crippen molar-refractivity contribution in [2.75, 3.05) is 0 Å². The Hall–Kier alpha value is -4.96. The van der Waals surface area contributed by atoms with E-state index >= 15 is 13.2 Å². The SMILES string of the molecule is Fc1ccc(OB(Oc2c(F)c(F)c(F)c3c2Cc2cccc(F)c2-3)c2c(F)c(F)c(F)c3c(F)c(F)c(F)c(F)c23)c(F)c1F. The highest BCUT2D eigenvalue weighted by molar-refractivity contribution is 6.66. The molecule has 0 bridgehead atoms. The smallest absolute Gasteiger partial charge is 0.520 e. The lowest BCUT2D eigenvalue weighted by atomic mass is 9.74. The minimum absolute atomic E-state index is 0.108. The summed E-state index contributed by atoms with van der Waals surface area (Å²) >= 11 is 0. The zero-order chi connectivity index (χ0) is 33.5. The van der Waals surface area contributed by atoms with E-state index in [9.17, 15) is 48.3 Å². The number of hydrogen-bond donors (Lipinski definition) is 0. The van der Waals surface area contributed by atoms with Crippen molar-refractivity contribution < 1.29 is 70.8 Å². The molecule has 0 amide bonds. The van der Waals surface area contributed by atoms with Gasteiger partial charge in [0, 0.05) is 28.5 Å². The van der Waals surface area contributed by atoms with Crippen LogP contribution in [0.3, 0.4) is 0 Å². The molecule has 17 heteroatoms. The van der Waals surface area contributed by atoms with E-state index in [1.54, 1.807) is 0 Å². The van der Waals surface area contributed by atoms with Crippen LogP contribution in [0.5, 0.6) is 11.5 Å². The van der Waals surface area contributed by atoms with Crippen LogP contribution >= 0.6 is 0 Å². The second-order valence-corrected chi connectivity index (χ2v) is 9.68. The van der Waals surface area contributed by atoms with Gasteiger partial charge in [-0.3, -0.25) is 0 Å². The van der Waals surface area contributed by atoms with Crippen LogP contribution in [-0.2, 0) is 6.42 Å². The highest BCUT2D eigenvalue weighted by Crippen LogP contribution is 2.47. The summed E-state index contributed by atoms with van der Waals surface area (Å²) in [6.07, 6.45) is -0.679. The molecule has 1 aliphatic carbocycles. The Bertz CT molecular complexity index is 2150. The molecule has 0 saturated carbocycles. The third-order valence-corrected chi connectivity index (χ3v) is 7.17. The minimum Gasteiger partial charge on any atom is -0.520 e. The lowest BCUT2D eigenvalue weighted by Crippen LogP contribution is -2.47. The molecule has 0 spiro atoms. The summed E-state index contributed by atoms with van der Waals surface area (Å²) < 4.78 is 215. The van der Waals surface area contributed by atoms with Crippen LogP contribution < -0.4 is 14.8 Å². The molecule has 0 fully saturated rings. The zero-order valence-corrected chi connectivity index (χ0v) is 21.8. The number of halogens is 14. The van der Waals surface area contributed by atoms with E-state index in [-0.39, 0.29) is 17.7 Å². The Morgan fingerprint density at radius 2 is 1.04 bits per heavy atom. The van der Waals surface area contributed by atoms with Crippen LogP contribution in [0, 0.1) is 81.4 Å². The van der Waals surface area contributed by atoms with E-state index in [1.165, 1.54) is 6.07 Å². The van der Waals surface area contributed by atoms with Gasteiger partial charge in [0.25, 0.3) is 0 Å². The van der Waals surface area contributed by atoms with Crippen molar-refractivity contribution in [2.45, 2.75) is 6.42 Å². The van der Waals surface area contributed by atoms with Crippen LogP contribution in [-0.4, -0.2) is 7.12 Å². The van der Waals surface area contributed by atoms with E-state index < -0.39 is 139 Å². The molecule has 6 rings (SSSR count). The maximum atomic E-state index is 15.4. The second kappa shape index (κ2) is 10.8. The molecule has 0 radical (unpaired) electrons. The molecule has 0 atom stereocenters. The Morgan fingerprint density at radius 3 is 1.70 bits per heavy atom. The van der Waals surface area contributed by atoms with Gasteiger partial charge in [-0.05, 0) is 23.8 Å². The van der Waals surface area contributed by atoms with Gasteiger partial charge in [0.2, 0.25) is 11.6 Å². The van der Waals surface area contributed by atoms with Crippen LogP contribution in [0.4, 0.5) is 61.5 Å². The molecule has 0 N–H and O–H groups in total. The van der Waals surface area contributed by atoms with Gasteiger partial charge < -0.3 is 9.31 Å². The fourth-order valence-corrected chi connectivity index (χ4v) is 5.13. The normalized spacial score (nSPS) is 12.0. The van der Waals surface area contributed by atoms with Gasteiger partial charge in [0.15, 0.2) is 64.0 Å². The van der Waals surface area contributed by atoms with E-state index in [1.807, 2.05) is 0 Å². The van der Waals surface area contributed by atoms with Crippen LogP contribution in [0.1, 0.15) is 11.1 Å². The minimum atomic E-state index is -3.27. The van der Waals surface area contributed by atoms with Gasteiger partial charge in [0.1, 0.15) is 17.3 Å². The van der Waals surface area contributed by atoms with Gasteiger partial charge in [-0.2, -0.15) is 8.78 Å². The fourth-order valence-electron chi connectivity index (χ4n) is 5.13.